The summed E-state index contributed by atoms with van der Waals surface area (Å²) in [5, 5.41) is 8.56. The molecule has 0 unspecified atom stereocenters. The molecule has 0 bridgehead atoms. The van der Waals surface area contributed by atoms with Gasteiger partial charge in [0.25, 0.3) is 0 Å². The van der Waals surface area contributed by atoms with Crippen LogP contribution in [0.3, 0.4) is 0 Å². The largest absolute Gasteiger partial charge is 0.492 e. The molecule has 0 aliphatic carbocycles. The van der Waals surface area contributed by atoms with E-state index >= 15 is 0 Å². The lowest BCUT2D eigenvalue weighted by Crippen LogP contribution is -2.47. The number of hydrogen-bond donors (Lipinski definition) is 0. The molecule has 0 amide bonds. The first kappa shape index (κ1) is 16.9. The van der Waals surface area contributed by atoms with Crippen molar-refractivity contribution in [1.82, 2.24) is 24.6 Å². The summed E-state index contributed by atoms with van der Waals surface area (Å²) >= 11 is 0. The fourth-order valence-electron chi connectivity index (χ4n) is 3.02. The zero-order chi connectivity index (χ0) is 16.8. The van der Waals surface area contributed by atoms with Crippen LogP contribution in [0, 0.1) is 0 Å². The maximum Gasteiger partial charge on any atom is 0.146 e. The van der Waals surface area contributed by atoms with Gasteiger partial charge in [0.1, 0.15) is 24.0 Å². The quantitative estimate of drug-likeness (QED) is 0.772. The van der Waals surface area contributed by atoms with E-state index in [9.17, 15) is 0 Å². The number of ether oxygens (including phenoxy) is 1. The third-order valence-electron chi connectivity index (χ3n) is 4.62. The summed E-state index contributed by atoms with van der Waals surface area (Å²) in [6, 6.07) is 10.0. The van der Waals surface area contributed by atoms with Crippen LogP contribution >= 0.6 is 0 Å². The second-order valence-corrected chi connectivity index (χ2v) is 6.22. The molecule has 6 heteroatoms. The Bertz CT molecular complexity index is 620. The standard InChI is InChI=1S/C18H27N5O/c1-3-17-19-20-18(21(17)2)15-23-11-9-22(10-12-23)13-14-24-16-7-5-4-6-8-16/h4-8H,3,9-15H2,1-2H3. The molecular formula is C18H27N5O. The van der Waals surface area contributed by atoms with Crippen molar-refractivity contribution >= 4 is 0 Å². The Morgan fingerprint density at radius 2 is 1.62 bits per heavy atom. The van der Waals surface area contributed by atoms with Gasteiger partial charge in [-0.15, -0.1) is 10.2 Å². The van der Waals surface area contributed by atoms with Gasteiger partial charge in [0.05, 0.1) is 6.54 Å². The minimum atomic E-state index is 0.743. The molecule has 1 aliphatic rings. The van der Waals surface area contributed by atoms with Crippen molar-refractivity contribution in [3.05, 3.63) is 42.0 Å². The summed E-state index contributed by atoms with van der Waals surface area (Å²) in [5.41, 5.74) is 0. The monoisotopic (exact) mass is 329 g/mol. The number of aryl methyl sites for hydroxylation is 1. The Morgan fingerprint density at radius 3 is 2.29 bits per heavy atom. The Balaban J connectivity index is 1.38. The topological polar surface area (TPSA) is 46.4 Å². The van der Waals surface area contributed by atoms with Gasteiger partial charge in [0.15, 0.2) is 0 Å². The fourth-order valence-corrected chi connectivity index (χ4v) is 3.02. The smallest absolute Gasteiger partial charge is 0.146 e. The highest BCUT2D eigenvalue weighted by molar-refractivity contribution is 5.20. The molecule has 1 fully saturated rings. The third-order valence-corrected chi connectivity index (χ3v) is 4.62. The second-order valence-electron chi connectivity index (χ2n) is 6.22. The average molecular weight is 329 g/mol. The molecule has 6 nitrogen and oxygen atoms in total. The molecule has 0 spiro atoms. The van der Waals surface area contributed by atoms with Gasteiger partial charge in [-0.1, -0.05) is 25.1 Å². The Hall–Kier alpha value is -1.92. The SMILES string of the molecule is CCc1nnc(CN2CCN(CCOc3ccccc3)CC2)n1C. The van der Waals surface area contributed by atoms with Crippen molar-refractivity contribution in [3.8, 4) is 5.75 Å². The molecule has 1 aliphatic heterocycles. The van der Waals surface area contributed by atoms with Crippen LogP contribution in [0.1, 0.15) is 18.6 Å². The van der Waals surface area contributed by atoms with E-state index in [-0.39, 0.29) is 0 Å². The van der Waals surface area contributed by atoms with Crippen molar-refractivity contribution in [2.75, 3.05) is 39.3 Å². The molecule has 1 aromatic heterocycles. The maximum absolute atomic E-state index is 5.79. The number of piperazine rings is 1. The molecule has 0 saturated carbocycles. The van der Waals surface area contributed by atoms with E-state index in [4.69, 9.17) is 4.74 Å². The zero-order valence-corrected chi connectivity index (χ0v) is 14.7. The van der Waals surface area contributed by atoms with Gasteiger partial charge in [-0.05, 0) is 12.1 Å². The minimum absolute atomic E-state index is 0.743. The van der Waals surface area contributed by atoms with E-state index in [1.165, 1.54) is 0 Å². The highest BCUT2D eigenvalue weighted by Gasteiger charge is 2.19. The van der Waals surface area contributed by atoms with Gasteiger partial charge in [-0.2, -0.15) is 0 Å². The number of nitrogens with zero attached hydrogens (tertiary/aromatic N) is 5. The molecular weight excluding hydrogens is 302 g/mol. The van der Waals surface area contributed by atoms with Crippen molar-refractivity contribution in [2.24, 2.45) is 7.05 Å². The van der Waals surface area contributed by atoms with Crippen LogP contribution in [-0.4, -0.2) is 63.9 Å². The van der Waals surface area contributed by atoms with Gasteiger partial charge in [-0.3, -0.25) is 9.80 Å². The number of benzene rings is 1. The molecule has 0 atom stereocenters. The van der Waals surface area contributed by atoms with Gasteiger partial charge in [-0.25, -0.2) is 0 Å². The van der Waals surface area contributed by atoms with Crippen LogP contribution in [0.5, 0.6) is 5.75 Å². The van der Waals surface area contributed by atoms with Crippen LogP contribution < -0.4 is 4.74 Å². The molecule has 0 radical (unpaired) electrons. The van der Waals surface area contributed by atoms with Crippen LogP contribution in [0.25, 0.3) is 0 Å². The minimum Gasteiger partial charge on any atom is -0.492 e. The lowest BCUT2D eigenvalue weighted by atomic mass is 10.3. The van der Waals surface area contributed by atoms with E-state index in [0.717, 1.165) is 69.7 Å². The van der Waals surface area contributed by atoms with Crippen molar-refractivity contribution in [3.63, 3.8) is 0 Å². The van der Waals surface area contributed by atoms with Crippen molar-refractivity contribution < 1.29 is 4.74 Å². The van der Waals surface area contributed by atoms with Crippen LogP contribution in [-0.2, 0) is 20.0 Å². The first-order valence-electron chi connectivity index (χ1n) is 8.76. The maximum atomic E-state index is 5.79. The van der Waals surface area contributed by atoms with Crippen LogP contribution in [0.15, 0.2) is 30.3 Å². The normalized spacial score (nSPS) is 16.4. The summed E-state index contributed by atoms with van der Waals surface area (Å²) in [5.74, 6) is 3.07. The first-order valence-corrected chi connectivity index (χ1v) is 8.76. The molecule has 0 N–H and O–H groups in total. The van der Waals surface area contributed by atoms with Gasteiger partial charge in [0.2, 0.25) is 0 Å². The van der Waals surface area contributed by atoms with Crippen LogP contribution in [0.2, 0.25) is 0 Å². The Labute approximate surface area is 144 Å². The molecule has 1 saturated heterocycles. The van der Waals surface area contributed by atoms with E-state index in [0.29, 0.717) is 0 Å². The predicted molar refractivity (Wildman–Crippen MR) is 94.0 cm³/mol. The Kier molecular flexibility index (Phi) is 5.82. The van der Waals surface area contributed by atoms with Crippen molar-refractivity contribution in [2.45, 2.75) is 19.9 Å². The van der Waals surface area contributed by atoms with E-state index in [2.05, 4.69) is 38.5 Å². The summed E-state index contributed by atoms with van der Waals surface area (Å²) in [4.78, 5) is 4.92. The van der Waals surface area contributed by atoms with E-state index in [1.807, 2.05) is 30.3 Å². The van der Waals surface area contributed by atoms with Crippen molar-refractivity contribution in [1.29, 1.82) is 0 Å². The molecule has 2 aromatic rings. The molecule has 2 heterocycles. The summed E-state index contributed by atoms with van der Waals surface area (Å²) < 4.78 is 7.91. The lowest BCUT2D eigenvalue weighted by Gasteiger charge is -2.34. The van der Waals surface area contributed by atoms with Crippen LogP contribution in [0.4, 0.5) is 0 Å². The molecule has 24 heavy (non-hydrogen) atoms. The predicted octanol–water partition coefficient (Wildman–Crippen LogP) is 1.57. The van der Waals surface area contributed by atoms with Gasteiger partial charge < -0.3 is 9.30 Å². The summed E-state index contributed by atoms with van der Waals surface area (Å²) in [6.45, 7) is 9.02. The highest BCUT2D eigenvalue weighted by Crippen LogP contribution is 2.10. The highest BCUT2D eigenvalue weighted by atomic mass is 16.5. The number of rotatable bonds is 7. The molecule has 1 aromatic carbocycles. The molecule has 3 rings (SSSR count). The average Bonchev–Trinajstić information content (AvgIpc) is 2.97. The number of hydrogen-bond acceptors (Lipinski definition) is 5. The third kappa shape index (κ3) is 4.33. The second kappa shape index (κ2) is 8.26. The van der Waals surface area contributed by atoms with Gasteiger partial charge in [0, 0.05) is 46.2 Å². The number of para-hydroxylation sites is 1. The number of aromatic nitrogens is 3. The summed E-state index contributed by atoms with van der Waals surface area (Å²) in [6.07, 6.45) is 0.929. The van der Waals surface area contributed by atoms with E-state index in [1.54, 1.807) is 0 Å². The zero-order valence-electron chi connectivity index (χ0n) is 14.7. The Morgan fingerprint density at radius 1 is 0.958 bits per heavy atom. The first-order chi connectivity index (χ1) is 11.8. The fraction of sp³-hybridized carbons (Fsp3) is 0.556. The summed E-state index contributed by atoms with van der Waals surface area (Å²) in [7, 11) is 2.06. The van der Waals surface area contributed by atoms with E-state index < -0.39 is 0 Å². The molecule has 130 valence electrons. The lowest BCUT2D eigenvalue weighted by molar-refractivity contribution is 0.110. The van der Waals surface area contributed by atoms with Gasteiger partial charge >= 0.3 is 0 Å².